The molecule has 3 nitrogen and oxygen atoms in total. The van der Waals surface area contributed by atoms with Gasteiger partial charge in [-0.05, 0) is 13.3 Å². The molecule has 1 amide bonds. The molecule has 0 radical (unpaired) electrons. The van der Waals surface area contributed by atoms with Crippen molar-refractivity contribution >= 4 is 6.41 Å². The van der Waals surface area contributed by atoms with E-state index in [1.165, 1.54) is 0 Å². The van der Waals surface area contributed by atoms with Crippen molar-refractivity contribution in [3.63, 3.8) is 0 Å². The van der Waals surface area contributed by atoms with Gasteiger partial charge in [0.15, 0.2) is 0 Å². The topological polar surface area (TPSA) is 40.5 Å². The van der Waals surface area contributed by atoms with Crippen molar-refractivity contribution in [1.29, 1.82) is 0 Å². The zero-order valence-electron chi connectivity index (χ0n) is 6.58. The first-order valence-electron chi connectivity index (χ1n) is 3.58. The monoisotopic (exact) mass is 145 g/mol. The summed E-state index contributed by atoms with van der Waals surface area (Å²) < 4.78 is 0. The third kappa shape index (κ3) is 2.82. The van der Waals surface area contributed by atoms with Crippen LogP contribution in [0.4, 0.5) is 0 Å². The second kappa shape index (κ2) is 5.23. The van der Waals surface area contributed by atoms with Crippen LogP contribution in [0.1, 0.15) is 20.3 Å². The van der Waals surface area contributed by atoms with Gasteiger partial charge in [-0.3, -0.25) is 4.79 Å². The fraction of sp³-hybridized carbons (Fsp3) is 0.857. The van der Waals surface area contributed by atoms with Crippen molar-refractivity contribution in [3.05, 3.63) is 0 Å². The van der Waals surface area contributed by atoms with Crippen LogP contribution >= 0.6 is 0 Å². The van der Waals surface area contributed by atoms with E-state index in [1.54, 1.807) is 4.90 Å². The predicted octanol–water partition coefficient (Wildman–Crippen LogP) is 0.236. The lowest BCUT2D eigenvalue weighted by atomic mass is 10.2. The van der Waals surface area contributed by atoms with Gasteiger partial charge in [-0.25, -0.2) is 0 Å². The summed E-state index contributed by atoms with van der Waals surface area (Å²) in [5.41, 5.74) is 0. The van der Waals surface area contributed by atoms with Crippen LogP contribution in [0.25, 0.3) is 0 Å². The molecule has 60 valence electrons. The van der Waals surface area contributed by atoms with E-state index >= 15 is 0 Å². The molecule has 0 saturated carbocycles. The number of rotatable bonds is 5. The molecule has 1 N–H and O–H groups in total. The smallest absolute Gasteiger partial charge is 0.210 e. The molecule has 10 heavy (non-hydrogen) atoms. The van der Waals surface area contributed by atoms with Gasteiger partial charge in [-0.2, -0.15) is 0 Å². The number of carbonyl (C=O) groups is 1. The van der Waals surface area contributed by atoms with Gasteiger partial charge in [-0.15, -0.1) is 0 Å². The van der Waals surface area contributed by atoms with Crippen molar-refractivity contribution in [2.24, 2.45) is 0 Å². The standard InChI is InChI=1S/C7H15NO2/c1-3-7(2)8(6-10)4-5-9/h6-7,9H,3-5H2,1-2H3. The SMILES string of the molecule is CCC(C)N(C=O)CCO. The van der Waals surface area contributed by atoms with Crippen LogP contribution in [-0.2, 0) is 4.79 Å². The third-order valence-electron chi connectivity index (χ3n) is 1.65. The first-order valence-corrected chi connectivity index (χ1v) is 3.58. The summed E-state index contributed by atoms with van der Waals surface area (Å²) in [5, 5.41) is 8.51. The highest BCUT2D eigenvalue weighted by atomic mass is 16.3. The molecular formula is C7H15NO2. The van der Waals surface area contributed by atoms with Crippen LogP contribution < -0.4 is 0 Å². The van der Waals surface area contributed by atoms with Crippen LogP contribution in [0.2, 0.25) is 0 Å². The average Bonchev–Trinajstić information content (AvgIpc) is 1.99. The Morgan fingerprint density at radius 1 is 1.70 bits per heavy atom. The Morgan fingerprint density at radius 3 is 2.60 bits per heavy atom. The van der Waals surface area contributed by atoms with E-state index in [4.69, 9.17) is 5.11 Å². The number of aliphatic hydroxyl groups excluding tert-OH is 1. The van der Waals surface area contributed by atoms with E-state index in [9.17, 15) is 4.79 Å². The van der Waals surface area contributed by atoms with Crippen molar-refractivity contribution in [3.8, 4) is 0 Å². The molecule has 0 aliphatic heterocycles. The van der Waals surface area contributed by atoms with Gasteiger partial charge in [0.2, 0.25) is 6.41 Å². The van der Waals surface area contributed by atoms with Gasteiger partial charge in [0.1, 0.15) is 0 Å². The zero-order valence-corrected chi connectivity index (χ0v) is 6.58. The number of carbonyl (C=O) groups excluding carboxylic acids is 1. The lowest BCUT2D eigenvalue weighted by molar-refractivity contribution is -0.120. The fourth-order valence-electron chi connectivity index (χ4n) is 0.727. The summed E-state index contributed by atoms with van der Waals surface area (Å²) in [4.78, 5) is 11.9. The second-order valence-corrected chi connectivity index (χ2v) is 2.32. The molecule has 0 heterocycles. The molecule has 0 aromatic heterocycles. The first-order chi connectivity index (χ1) is 4.76. The van der Waals surface area contributed by atoms with E-state index < -0.39 is 0 Å². The van der Waals surface area contributed by atoms with Gasteiger partial charge >= 0.3 is 0 Å². The quantitative estimate of drug-likeness (QED) is 0.563. The van der Waals surface area contributed by atoms with Gasteiger partial charge < -0.3 is 10.0 Å². The molecule has 0 bridgehead atoms. The second-order valence-electron chi connectivity index (χ2n) is 2.32. The van der Waals surface area contributed by atoms with Crippen molar-refractivity contribution in [2.75, 3.05) is 13.2 Å². The van der Waals surface area contributed by atoms with Gasteiger partial charge in [0.05, 0.1) is 6.61 Å². The normalized spacial score (nSPS) is 12.7. The van der Waals surface area contributed by atoms with E-state index in [2.05, 4.69) is 0 Å². The highest BCUT2D eigenvalue weighted by molar-refractivity contribution is 5.47. The Labute approximate surface area is 61.6 Å². The van der Waals surface area contributed by atoms with Crippen molar-refractivity contribution in [1.82, 2.24) is 4.90 Å². The largest absolute Gasteiger partial charge is 0.395 e. The summed E-state index contributed by atoms with van der Waals surface area (Å²) in [6.07, 6.45) is 1.71. The molecule has 0 aromatic rings. The Morgan fingerprint density at radius 2 is 2.30 bits per heavy atom. The molecule has 3 heteroatoms. The summed E-state index contributed by atoms with van der Waals surface area (Å²) in [6.45, 7) is 4.46. The fourth-order valence-corrected chi connectivity index (χ4v) is 0.727. The number of hydrogen-bond donors (Lipinski definition) is 1. The molecule has 0 spiro atoms. The molecule has 0 saturated heterocycles. The maximum Gasteiger partial charge on any atom is 0.210 e. The van der Waals surface area contributed by atoms with Crippen LogP contribution in [-0.4, -0.2) is 35.6 Å². The molecular weight excluding hydrogens is 130 g/mol. The minimum atomic E-state index is 0.0447. The van der Waals surface area contributed by atoms with E-state index in [-0.39, 0.29) is 12.6 Å². The summed E-state index contributed by atoms with van der Waals surface area (Å²) in [6, 6.07) is 0.240. The molecule has 1 atom stereocenters. The molecule has 0 fully saturated rings. The summed E-state index contributed by atoms with van der Waals surface area (Å²) in [5.74, 6) is 0. The summed E-state index contributed by atoms with van der Waals surface area (Å²) >= 11 is 0. The van der Waals surface area contributed by atoms with E-state index in [1.807, 2.05) is 13.8 Å². The molecule has 0 rings (SSSR count). The number of aliphatic hydroxyl groups is 1. The van der Waals surface area contributed by atoms with Crippen molar-refractivity contribution in [2.45, 2.75) is 26.3 Å². The van der Waals surface area contributed by atoms with Crippen LogP contribution in [0, 0.1) is 0 Å². The molecule has 1 unspecified atom stereocenters. The van der Waals surface area contributed by atoms with Crippen LogP contribution in [0.3, 0.4) is 0 Å². The molecule has 0 aliphatic carbocycles. The van der Waals surface area contributed by atoms with E-state index in [0.29, 0.717) is 6.54 Å². The molecule has 0 aliphatic rings. The highest BCUT2D eigenvalue weighted by Gasteiger charge is 2.06. The lowest BCUT2D eigenvalue weighted by Gasteiger charge is -2.22. The highest BCUT2D eigenvalue weighted by Crippen LogP contribution is 1.98. The molecule has 0 aromatic carbocycles. The number of amides is 1. The maximum absolute atomic E-state index is 10.3. The Bertz CT molecular complexity index is 95.6. The maximum atomic E-state index is 10.3. The summed E-state index contributed by atoms with van der Waals surface area (Å²) in [7, 11) is 0. The van der Waals surface area contributed by atoms with Crippen LogP contribution in [0.15, 0.2) is 0 Å². The number of nitrogens with zero attached hydrogens (tertiary/aromatic N) is 1. The average molecular weight is 145 g/mol. The lowest BCUT2D eigenvalue weighted by Crippen LogP contribution is -2.33. The van der Waals surface area contributed by atoms with Crippen molar-refractivity contribution < 1.29 is 9.90 Å². The van der Waals surface area contributed by atoms with E-state index in [0.717, 1.165) is 12.8 Å². The Kier molecular flexibility index (Phi) is 4.94. The minimum absolute atomic E-state index is 0.0447. The van der Waals surface area contributed by atoms with Gasteiger partial charge in [-0.1, -0.05) is 6.92 Å². The number of hydrogen-bond acceptors (Lipinski definition) is 2. The Hall–Kier alpha value is -0.570. The third-order valence-corrected chi connectivity index (χ3v) is 1.65. The van der Waals surface area contributed by atoms with Gasteiger partial charge in [0.25, 0.3) is 0 Å². The predicted molar refractivity (Wildman–Crippen MR) is 39.6 cm³/mol. The van der Waals surface area contributed by atoms with Gasteiger partial charge in [0, 0.05) is 12.6 Å². The minimum Gasteiger partial charge on any atom is -0.395 e. The zero-order chi connectivity index (χ0) is 7.98. The Balaban J connectivity index is 3.67. The van der Waals surface area contributed by atoms with Crippen LogP contribution in [0.5, 0.6) is 0 Å². The first kappa shape index (κ1) is 9.43.